The molecule has 0 heterocycles. The monoisotopic (exact) mass is 261 g/mol. The van der Waals surface area contributed by atoms with Gasteiger partial charge in [0.15, 0.2) is 6.61 Å². The molecule has 0 fully saturated rings. The van der Waals surface area contributed by atoms with E-state index < -0.39 is 0 Å². The highest BCUT2D eigenvalue weighted by Crippen LogP contribution is 2.19. The molecule has 0 aromatic heterocycles. The number of nitrogens with zero attached hydrogens (tertiary/aromatic N) is 1. The van der Waals surface area contributed by atoms with Crippen molar-refractivity contribution in [3.8, 4) is 5.75 Å². The number of aryl methyl sites for hydroxylation is 2. The summed E-state index contributed by atoms with van der Waals surface area (Å²) < 4.78 is 5.62. The van der Waals surface area contributed by atoms with Crippen LogP contribution in [0.2, 0.25) is 0 Å². The first kappa shape index (κ1) is 15.3. The van der Waals surface area contributed by atoms with E-state index in [-0.39, 0.29) is 12.5 Å². The molecule has 0 saturated carbocycles. The van der Waals surface area contributed by atoms with E-state index in [1.54, 1.807) is 4.90 Å². The van der Waals surface area contributed by atoms with Crippen LogP contribution >= 0.6 is 0 Å². The highest BCUT2D eigenvalue weighted by Gasteiger charge is 2.12. The molecule has 3 heteroatoms. The molecular weight excluding hydrogens is 238 g/mol. The summed E-state index contributed by atoms with van der Waals surface area (Å²) in [6.07, 6.45) is 0. The lowest BCUT2D eigenvalue weighted by Crippen LogP contribution is -2.35. The zero-order valence-electron chi connectivity index (χ0n) is 12.3. The predicted octanol–water partition coefficient (Wildman–Crippen LogP) is 3.11. The Morgan fingerprint density at radius 2 is 2.05 bits per heavy atom. The van der Waals surface area contributed by atoms with Crippen LogP contribution < -0.4 is 4.74 Å². The van der Waals surface area contributed by atoms with Gasteiger partial charge < -0.3 is 9.64 Å². The molecular formula is C16H23NO2. The van der Waals surface area contributed by atoms with Gasteiger partial charge in [-0.2, -0.15) is 0 Å². The van der Waals surface area contributed by atoms with Crippen LogP contribution in [0.1, 0.15) is 25.0 Å². The van der Waals surface area contributed by atoms with Gasteiger partial charge in [0.1, 0.15) is 5.75 Å². The minimum Gasteiger partial charge on any atom is -0.483 e. The molecule has 0 aliphatic carbocycles. The normalized spacial score (nSPS) is 10.1. The molecule has 3 nitrogen and oxygen atoms in total. The van der Waals surface area contributed by atoms with E-state index in [0.29, 0.717) is 13.1 Å². The van der Waals surface area contributed by atoms with Crippen LogP contribution in [0.25, 0.3) is 0 Å². The Morgan fingerprint density at radius 3 is 2.63 bits per heavy atom. The minimum atomic E-state index is -0.00796. The van der Waals surface area contributed by atoms with Crippen molar-refractivity contribution < 1.29 is 9.53 Å². The quantitative estimate of drug-likeness (QED) is 0.736. The summed E-state index contributed by atoms with van der Waals surface area (Å²) in [5.41, 5.74) is 3.14. The van der Waals surface area contributed by atoms with Gasteiger partial charge in [-0.3, -0.25) is 4.79 Å². The second-order valence-corrected chi connectivity index (χ2v) is 4.92. The van der Waals surface area contributed by atoms with Crippen LogP contribution in [0.3, 0.4) is 0 Å². The highest BCUT2D eigenvalue weighted by atomic mass is 16.5. The summed E-state index contributed by atoms with van der Waals surface area (Å²) in [6, 6.07) is 5.99. The van der Waals surface area contributed by atoms with Crippen LogP contribution in [-0.4, -0.2) is 30.5 Å². The zero-order valence-corrected chi connectivity index (χ0v) is 12.3. The topological polar surface area (TPSA) is 29.5 Å². The lowest BCUT2D eigenvalue weighted by molar-refractivity contribution is -0.132. The molecule has 19 heavy (non-hydrogen) atoms. The Hall–Kier alpha value is -1.77. The number of ether oxygens (including phenoxy) is 1. The lowest BCUT2D eigenvalue weighted by Gasteiger charge is -2.21. The van der Waals surface area contributed by atoms with Crippen molar-refractivity contribution in [2.75, 3.05) is 19.7 Å². The average molecular weight is 261 g/mol. The van der Waals surface area contributed by atoms with E-state index in [9.17, 15) is 4.79 Å². The maximum atomic E-state index is 12.0. The predicted molar refractivity (Wildman–Crippen MR) is 78.5 cm³/mol. The van der Waals surface area contributed by atoms with Gasteiger partial charge in [0.2, 0.25) is 0 Å². The minimum absolute atomic E-state index is 0.00796. The summed E-state index contributed by atoms with van der Waals surface area (Å²) in [6.45, 7) is 13.0. The molecule has 0 aliphatic heterocycles. The van der Waals surface area contributed by atoms with Gasteiger partial charge in [-0.1, -0.05) is 24.3 Å². The van der Waals surface area contributed by atoms with Crippen molar-refractivity contribution >= 4 is 5.91 Å². The third kappa shape index (κ3) is 4.78. The first-order valence-corrected chi connectivity index (χ1v) is 6.56. The van der Waals surface area contributed by atoms with E-state index in [0.717, 1.165) is 22.4 Å². The van der Waals surface area contributed by atoms with Gasteiger partial charge in [-0.15, -0.1) is 0 Å². The van der Waals surface area contributed by atoms with Crippen LogP contribution in [0, 0.1) is 13.8 Å². The van der Waals surface area contributed by atoms with Gasteiger partial charge in [0.05, 0.1) is 0 Å². The molecule has 1 amide bonds. The second kappa shape index (κ2) is 6.98. The molecule has 0 atom stereocenters. The molecule has 104 valence electrons. The maximum Gasteiger partial charge on any atom is 0.260 e. The van der Waals surface area contributed by atoms with Gasteiger partial charge >= 0.3 is 0 Å². The van der Waals surface area contributed by atoms with E-state index in [1.807, 2.05) is 45.9 Å². The lowest BCUT2D eigenvalue weighted by atomic mass is 10.1. The third-order valence-corrected chi connectivity index (χ3v) is 2.89. The molecule has 1 aromatic carbocycles. The number of amides is 1. The van der Waals surface area contributed by atoms with E-state index in [1.165, 1.54) is 0 Å². The fraction of sp³-hybridized carbons (Fsp3) is 0.438. The smallest absolute Gasteiger partial charge is 0.260 e. The Bertz CT molecular complexity index is 466. The summed E-state index contributed by atoms with van der Waals surface area (Å²) >= 11 is 0. The van der Waals surface area contributed by atoms with E-state index in [4.69, 9.17) is 4.74 Å². The number of likely N-dealkylation sites (N-methyl/N-ethyl adjacent to an activating group) is 1. The molecule has 0 N–H and O–H groups in total. The van der Waals surface area contributed by atoms with E-state index in [2.05, 4.69) is 6.58 Å². The Morgan fingerprint density at radius 1 is 1.37 bits per heavy atom. The number of hydrogen-bond acceptors (Lipinski definition) is 2. The van der Waals surface area contributed by atoms with Gasteiger partial charge in [-0.25, -0.2) is 0 Å². The van der Waals surface area contributed by atoms with Crippen molar-refractivity contribution in [3.63, 3.8) is 0 Å². The first-order valence-electron chi connectivity index (χ1n) is 6.56. The summed E-state index contributed by atoms with van der Waals surface area (Å²) in [7, 11) is 0. The first-order chi connectivity index (χ1) is 8.93. The van der Waals surface area contributed by atoms with Gasteiger partial charge in [-0.05, 0) is 44.9 Å². The number of hydrogen-bond donors (Lipinski definition) is 0. The molecule has 1 aromatic rings. The zero-order chi connectivity index (χ0) is 14.4. The molecule has 0 aliphatic rings. The largest absolute Gasteiger partial charge is 0.483 e. The van der Waals surface area contributed by atoms with Gasteiger partial charge in [0, 0.05) is 13.1 Å². The van der Waals surface area contributed by atoms with Crippen LogP contribution in [0.4, 0.5) is 0 Å². The SMILES string of the molecule is C=C(C)CN(CC)C(=O)COc1cc(C)ccc1C. The number of benzene rings is 1. The van der Waals surface area contributed by atoms with Crippen molar-refractivity contribution in [2.45, 2.75) is 27.7 Å². The van der Waals surface area contributed by atoms with Crippen LogP contribution in [0.15, 0.2) is 30.4 Å². The van der Waals surface area contributed by atoms with Crippen molar-refractivity contribution in [1.29, 1.82) is 0 Å². The summed E-state index contributed by atoms with van der Waals surface area (Å²) in [5, 5.41) is 0. The summed E-state index contributed by atoms with van der Waals surface area (Å²) in [4.78, 5) is 13.8. The molecule has 0 spiro atoms. The molecule has 0 saturated heterocycles. The maximum absolute atomic E-state index is 12.0. The Labute approximate surface area is 115 Å². The fourth-order valence-electron chi connectivity index (χ4n) is 1.80. The van der Waals surface area contributed by atoms with Crippen molar-refractivity contribution in [1.82, 2.24) is 4.90 Å². The number of carbonyl (C=O) groups is 1. The van der Waals surface area contributed by atoms with Crippen molar-refractivity contribution in [3.05, 3.63) is 41.5 Å². The summed E-state index contributed by atoms with van der Waals surface area (Å²) in [5.74, 6) is 0.770. The van der Waals surface area contributed by atoms with Crippen LogP contribution in [-0.2, 0) is 4.79 Å². The molecule has 1 rings (SSSR count). The van der Waals surface area contributed by atoms with Gasteiger partial charge in [0.25, 0.3) is 5.91 Å². The third-order valence-electron chi connectivity index (χ3n) is 2.89. The molecule has 0 unspecified atom stereocenters. The standard InChI is InChI=1S/C16H23NO2/c1-6-17(10-12(2)3)16(18)11-19-15-9-13(4)7-8-14(15)5/h7-9H,2,6,10-11H2,1,3-5H3. The van der Waals surface area contributed by atoms with Crippen LogP contribution in [0.5, 0.6) is 5.75 Å². The Kier molecular flexibility index (Phi) is 5.61. The fourth-order valence-corrected chi connectivity index (χ4v) is 1.80. The van der Waals surface area contributed by atoms with Crippen molar-refractivity contribution in [2.24, 2.45) is 0 Å². The molecule has 0 bridgehead atoms. The Balaban J connectivity index is 2.62. The highest BCUT2D eigenvalue weighted by molar-refractivity contribution is 5.78. The second-order valence-electron chi connectivity index (χ2n) is 4.92. The average Bonchev–Trinajstić information content (AvgIpc) is 2.36. The molecule has 0 radical (unpaired) electrons. The number of rotatable bonds is 6. The number of carbonyl (C=O) groups excluding carboxylic acids is 1. The van der Waals surface area contributed by atoms with E-state index >= 15 is 0 Å².